The Morgan fingerprint density at radius 3 is 2.68 bits per heavy atom. The second-order valence-corrected chi connectivity index (χ2v) is 5.25. The Morgan fingerprint density at radius 1 is 1.42 bits per heavy atom. The zero-order valence-corrected chi connectivity index (χ0v) is 11.2. The number of carbonyl (C=O) groups is 1. The van der Waals surface area contributed by atoms with Crippen molar-refractivity contribution in [3.63, 3.8) is 0 Å². The molecule has 1 heterocycles. The van der Waals surface area contributed by atoms with Crippen LogP contribution in [0.25, 0.3) is 0 Å². The highest BCUT2D eigenvalue weighted by Gasteiger charge is 2.23. The zero-order chi connectivity index (χ0) is 13.8. The van der Waals surface area contributed by atoms with E-state index in [0.29, 0.717) is 0 Å². The molecule has 1 saturated heterocycles. The Morgan fingerprint density at radius 2 is 2.11 bits per heavy atom. The molecule has 2 rings (SSSR count). The molecule has 2 N–H and O–H groups in total. The number of hydrogen-bond donors (Lipinski definition) is 2. The van der Waals surface area contributed by atoms with Crippen LogP contribution < -0.4 is 0 Å². The number of aliphatic hydroxyl groups is 1. The molecule has 4 nitrogen and oxygen atoms in total. The van der Waals surface area contributed by atoms with Gasteiger partial charge in [-0.05, 0) is 37.4 Å². The normalized spacial score (nSPS) is 21.5. The smallest absolute Gasteiger partial charge is 0.310 e. The highest BCUT2D eigenvalue weighted by molar-refractivity contribution is 5.75. The van der Waals surface area contributed by atoms with Crippen LogP contribution in [0.5, 0.6) is 0 Å². The number of likely N-dealkylation sites (tertiary alicyclic amines) is 1. The first-order chi connectivity index (χ1) is 9.11. The summed E-state index contributed by atoms with van der Waals surface area (Å²) >= 11 is 0. The Hall–Kier alpha value is -1.39. The molecule has 0 amide bonds. The molecule has 1 aromatic rings. The largest absolute Gasteiger partial charge is 0.481 e. The summed E-state index contributed by atoms with van der Waals surface area (Å²) in [6.45, 7) is 3.76. The number of hydrogen-bond acceptors (Lipinski definition) is 3. The van der Waals surface area contributed by atoms with Crippen LogP contribution in [0.3, 0.4) is 0 Å². The van der Waals surface area contributed by atoms with E-state index >= 15 is 0 Å². The monoisotopic (exact) mass is 263 g/mol. The van der Waals surface area contributed by atoms with Gasteiger partial charge in [-0.2, -0.15) is 0 Å². The van der Waals surface area contributed by atoms with Gasteiger partial charge in [0.2, 0.25) is 0 Å². The van der Waals surface area contributed by atoms with Crippen molar-refractivity contribution in [2.75, 3.05) is 13.2 Å². The standard InChI is InChI=1S/C15H21NO3/c1-11(15(18)19)13-6-4-12(5-7-13)9-16-8-2-3-14(16)10-17/h4-7,11,14,17H,2-3,8-10H2,1H3,(H,18,19). The molecule has 0 radical (unpaired) electrons. The average Bonchev–Trinajstić information content (AvgIpc) is 2.86. The minimum atomic E-state index is -0.798. The van der Waals surface area contributed by atoms with Gasteiger partial charge in [-0.3, -0.25) is 9.69 Å². The molecule has 104 valence electrons. The van der Waals surface area contributed by atoms with E-state index in [1.807, 2.05) is 24.3 Å². The van der Waals surface area contributed by atoms with Gasteiger partial charge in [0.15, 0.2) is 0 Å². The van der Waals surface area contributed by atoms with Gasteiger partial charge >= 0.3 is 5.97 Å². The number of rotatable bonds is 5. The lowest BCUT2D eigenvalue weighted by atomic mass is 10.00. The molecular formula is C15H21NO3. The van der Waals surface area contributed by atoms with Crippen LogP contribution in [-0.4, -0.2) is 40.3 Å². The Balaban J connectivity index is 2.00. The lowest BCUT2D eigenvalue weighted by Crippen LogP contribution is -2.31. The van der Waals surface area contributed by atoms with E-state index in [1.54, 1.807) is 6.92 Å². The highest BCUT2D eigenvalue weighted by atomic mass is 16.4. The fourth-order valence-electron chi connectivity index (χ4n) is 2.60. The van der Waals surface area contributed by atoms with Crippen LogP contribution in [0.15, 0.2) is 24.3 Å². The van der Waals surface area contributed by atoms with E-state index in [4.69, 9.17) is 5.11 Å². The van der Waals surface area contributed by atoms with Gasteiger partial charge in [0, 0.05) is 12.6 Å². The lowest BCUT2D eigenvalue weighted by Gasteiger charge is -2.22. The second kappa shape index (κ2) is 6.17. The molecule has 2 unspecified atom stereocenters. The molecule has 2 atom stereocenters. The van der Waals surface area contributed by atoms with Crippen molar-refractivity contribution >= 4 is 5.97 Å². The Kier molecular flexibility index (Phi) is 4.56. The third-order valence-corrected chi connectivity index (χ3v) is 3.95. The van der Waals surface area contributed by atoms with E-state index < -0.39 is 11.9 Å². The third kappa shape index (κ3) is 3.33. The van der Waals surface area contributed by atoms with E-state index in [0.717, 1.165) is 31.5 Å². The summed E-state index contributed by atoms with van der Waals surface area (Å²) in [6, 6.07) is 8.02. The summed E-state index contributed by atoms with van der Waals surface area (Å²) in [5.41, 5.74) is 2.00. The highest BCUT2D eigenvalue weighted by Crippen LogP contribution is 2.21. The van der Waals surface area contributed by atoms with Crippen molar-refractivity contribution in [2.45, 2.75) is 38.3 Å². The van der Waals surface area contributed by atoms with E-state index in [-0.39, 0.29) is 12.6 Å². The maximum Gasteiger partial charge on any atom is 0.310 e. The summed E-state index contributed by atoms with van der Waals surface area (Å²) in [4.78, 5) is 13.2. The number of carboxylic acid groups (broad SMARTS) is 1. The molecule has 19 heavy (non-hydrogen) atoms. The van der Waals surface area contributed by atoms with Crippen molar-refractivity contribution in [3.05, 3.63) is 35.4 Å². The van der Waals surface area contributed by atoms with Crippen LogP contribution >= 0.6 is 0 Å². The minimum Gasteiger partial charge on any atom is -0.481 e. The van der Waals surface area contributed by atoms with Gasteiger partial charge < -0.3 is 10.2 Å². The van der Waals surface area contributed by atoms with E-state index in [2.05, 4.69) is 4.90 Å². The molecule has 1 aromatic carbocycles. The van der Waals surface area contributed by atoms with Gasteiger partial charge in [-0.1, -0.05) is 24.3 Å². The maximum absolute atomic E-state index is 10.9. The molecule has 0 bridgehead atoms. The predicted molar refractivity (Wildman–Crippen MR) is 73.0 cm³/mol. The van der Waals surface area contributed by atoms with Crippen LogP contribution in [0.4, 0.5) is 0 Å². The number of carboxylic acids is 1. The number of aliphatic hydroxyl groups excluding tert-OH is 1. The first-order valence-corrected chi connectivity index (χ1v) is 6.78. The Bertz CT molecular complexity index is 430. The molecular weight excluding hydrogens is 242 g/mol. The van der Waals surface area contributed by atoms with Crippen molar-refractivity contribution in [3.8, 4) is 0 Å². The van der Waals surface area contributed by atoms with Crippen LogP contribution in [0, 0.1) is 0 Å². The van der Waals surface area contributed by atoms with Gasteiger partial charge in [0.25, 0.3) is 0 Å². The van der Waals surface area contributed by atoms with E-state index in [9.17, 15) is 9.90 Å². The number of aliphatic carboxylic acids is 1. The van der Waals surface area contributed by atoms with Gasteiger partial charge in [0.1, 0.15) is 0 Å². The first kappa shape index (κ1) is 14.0. The quantitative estimate of drug-likeness (QED) is 0.851. The average molecular weight is 263 g/mol. The minimum absolute atomic E-state index is 0.216. The maximum atomic E-state index is 10.9. The predicted octanol–water partition coefficient (Wildman–Crippen LogP) is 1.83. The van der Waals surface area contributed by atoms with Gasteiger partial charge in [-0.15, -0.1) is 0 Å². The molecule has 0 spiro atoms. The molecule has 0 aromatic heterocycles. The third-order valence-electron chi connectivity index (χ3n) is 3.95. The van der Waals surface area contributed by atoms with Crippen LogP contribution in [-0.2, 0) is 11.3 Å². The summed E-state index contributed by atoms with van der Waals surface area (Å²) in [7, 11) is 0. The first-order valence-electron chi connectivity index (χ1n) is 6.78. The fourth-order valence-corrected chi connectivity index (χ4v) is 2.60. The van der Waals surface area contributed by atoms with Crippen molar-refractivity contribution in [1.29, 1.82) is 0 Å². The van der Waals surface area contributed by atoms with Crippen LogP contribution in [0.1, 0.15) is 36.8 Å². The number of benzene rings is 1. The molecule has 4 heteroatoms. The van der Waals surface area contributed by atoms with E-state index in [1.165, 1.54) is 5.56 Å². The van der Waals surface area contributed by atoms with Crippen molar-refractivity contribution < 1.29 is 15.0 Å². The topological polar surface area (TPSA) is 60.8 Å². The molecule has 0 aliphatic carbocycles. The molecule has 1 aliphatic heterocycles. The SMILES string of the molecule is CC(C(=O)O)c1ccc(CN2CCCC2CO)cc1. The molecule has 0 saturated carbocycles. The lowest BCUT2D eigenvalue weighted by molar-refractivity contribution is -0.138. The van der Waals surface area contributed by atoms with Crippen LogP contribution in [0.2, 0.25) is 0 Å². The second-order valence-electron chi connectivity index (χ2n) is 5.25. The summed E-state index contributed by atoms with van der Waals surface area (Å²) in [5, 5.41) is 18.3. The molecule has 1 fully saturated rings. The molecule has 1 aliphatic rings. The number of nitrogens with zero attached hydrogens (tertiary/aromatic N) is 1. The summed E-state index contributed by atoms with van der Waals surface area (Å²) < 4.78 is 0. The van der Waals surface area contributed by atoms with Gasteiger partial charge in [-0.25, -0.2) is 0 Å². The fraction of sp³-hybridized carbons (Fsp3) is 0.533. The van der Waals surface area contributed by atoms with Crippen molar-refractivity contribution in [1.82, 2.24) is 4.90 Å². The van der Waals surface area contributed by atoms with Gasteiger partial charge in [0.05, 0.1) is 12.5 Å². The Labute approximate surface area is 113 Å². The van der Waals surface area contributed by atoms with Crippen molar-refractivity contribution in [2.24, 2.45) is 0 Å². The summed E-state index contributed by atoms with van der Waals surface area (Å²) in [6.07, 6.45) is 2.20. The summed E-state index contributed by atoms with van der Waals surface area (Å²) in [5.74, 6) is -1.27. The zero-order valence-electron chi connectivity index (χ0n) is 11.2.